The van der Waals surface area contributed by atoms with Gasteiger partial charge in [-0.1, -0.05) is 42.8 Å². The van der Waals surface area contributed by atoms with Crippen LogP contribution in [0.5, 0.6) is 0 Å². The van der Waals surface area contributed by atoms with Gasteiger partial charge in [0.05, 0.1) is 5.56 Å². The maximum atomic E-state index is 12.4. The van der Waals surface area contributed by atoms with E-state index in [4.69, 9.17) is 0 Å². The van der Waals surface area contributed by atoms with Crippen LogP contribution in [0.1, 0.15) is 35.2 Å². The molecule has 0 spiro atoms. The standard InChI is InChI=1S/C21H25N3O/c25-21-20-18(15-23-21)17(16-7-3-1-4-8-16)9-10-19(20)22-11-14-24-12-5-2-6-13-24/h1,3-4,7-10,22H,2,5-6,11-15H2,(H,23,25). The second-order valence-electron chi connectivity index (χ2n) is 6.89. The summed E-state index contributed by atoms with van der Waals surface area (Å²) < 4.78 is 0. The van der Waals surface area contributed by atoms with Crippen molar-refractivity contribution in [1.82, 2.24) is 10.2 Å². The summed E-state index contributed by atoms with van der Waals surface area (Å²) in [5.41, 5.74) is 5.20. The van der Waals surface area contributed by atoms with Crippen molar-refractivity contribution in [2.45, 2.75) is 25.8 Å². The van der Waals surface area contributed by atoms with Crippen molar-refractivity contribution in [3.05, 3.63) is 53.6 Å². The highest BCUT2D eigenvalue weighted by atomic mass is 16.1. The topological polar surface area (TPSA) is 44.4 Å². The molecule has 2 aliphatic rings. The van der Waals surface area contributed by atoms with E-state index in [0.29, 0.717) is 6.54 Å². The van der Waals surface area contributed by atoms with Crippen LogP contribution in [0.4, 0.5) is 5.69 Å². The van der Waals surface area contributed by atoms with Crippen LogP contribution in [0, 0.1) is 0 Å². The summed E-state index contributed by atoms with van der Waals surface area (Å²) in [6, 6.07) is 14.5. The Kier molecular flexibility index (Phi) is 4.70. The molecular weight excluding hydrogens is 310 g/mol. The van der Waals surface area contributed by atoms with E-state index in [1.165, 1.54) is 32.4 Å². The predicted octanol–water partition coefficient (Wildman–Crippen LogP) is 3.49. The first-order valence-corrected chi connectivity index (χ1v) is 9.28. The highest BCUT2D eigenvalue weighted by Gasteiger charge is 2.25. The Bertz CT molecular complexity index is 751. The zero-order chi connectivity index (χ0) is 17.1. The van der Waals surface area contributed by atoms with Crippen LogP contribution in [0.3, 0.4) is 0 Å². The molecule has 130 valence electrons. The molecule has 1 fully saturated rings. The van der Waals surface area contributed by atoms with Gasteiger partial charge < -0.3 is 15.5 Å². The molecule has 1 saturated heterocycles. The number of fused-ring (bicyclic) bond motifs is 1. The first-order chi connectivity index (χ1) is 12.3. The number of amides is 1. The molecule has 1 amide bonds. The van der Waals surface area contributed by atoms with Crippen LogP contribution >= 0.6 is 0 Å². The lowest BCUT2D eigenvalue weighted by Gasteiger charge is -2.26. The van der Waals surface area contributed by atoms with Gasteiger partial charge in [-0.3, -0.25) is 4.79 Å². The van der Waals surface area contributed by atoms with Gasteiger partial charge in [0, 0.05) is 25.3 Å². The van der Waals surface area contributed by atoms with Crippen LogP contribution in [0.25, 0.3) is 11.1 Å². The molecule has 2 aliphatic heterocycles. The fraction of sp³-hybridized carbons (Fsp3) is 0.381. The van der Waals surface area contributed by atoms with Gasteiger partial charge in [-0.2, -0.15) is 0 Å². The van der Waals surface area contributed by atoms with Crippen LogP contribution in [0.2, 0.25) is 0 Å². The molecule has 4 rings (SSSR count). The number of nitrogens with zero attached hydrogens (tertiary/aromatic N) is 1. The Balaban J connectivity index is 1.53. The fourth-order valence-corrected chi connectivity index (χ4v) is 3.92. The molecule has 2 aromatic rings. The van der Waals surface area contributed by atoms with Crippen LogP contribution in [0.15, 0.2) is 42.5 Å². The zero-order valence-electron chi connectivity index (χ0n) is 14.6. The van der Waals surface area contributed by atoms with Gasteiger partial charge >= 0.3 is 0 Å². The maximum Gasteiger partial charge on any atom is 0.254 e. The lowest BCUT2D eigenvalue weighted by molar-refractivity contribution is 0.0966. The van der Waals surface area contributed by atoms with Crippen molar-refractivity contribution in [3.63, 3.8) is 0 Å². The Labute approximate surface area is 149 Å². The van der Waals surface area contributed by atoms with Crippen molar-refractivity contribution in [2.75, 3.05) is 31.5 Å². The largest absolute Gasteiger partial charge is 0.383 e. The number of benzene rings is 2. The Hall–Kier alpha value is -2.33. The summed E-state index contributed by atoms with van der Waals surface area (Å²) in [6.07, 6.45) is 3.98. The Morgan fingerprint density at radius 2 is 1.80 bits per heavy atom. The summed E-state index contributed by atoms with van der Waals surface area (Å²) in [4.78, 5) is 14.9. The first-order valence-electron chi connectivity index (χ1n) is 9.28. The summed E-state index contributed by atoms with van der Waals surface area (Å²) in [5.74, 6) is 0.0354. The van der Waals surface area contributed by atoms with Gasteiger partial charge in [0.15, 0.2) is 0 Å². The number of carbonyl (C=O) groups is 1. The number of likely N-dealkylation sites (tertiary alicyclic amines) is 1. The minimum Gasteiger partial charge on any atom is -0.383 e. The number of anilines is 1. The second kappa shape index (κ2) is 7.28. The number of nitrogens with one attached hydrogen (secondary N) is 2. The number of hydrogen-bond acceptors (Lipinski definition) is 3. The average molecular weight is 335 g/mol. The monoisotopic (exact) mass is 335 g/mol. The third-order valence-electron chi connectivity index (χ3n) is 5.24. The van der Waals surface area contributed by atoms with Crippen molar-refractivity contribution in [3.8, 4) is 11.1 Å². The maximum absolute atomic E-state index is 12.4. The van der Waals surface area contributed by atoms with E-state index >= 15 is 0 Å². The molecule has 25 heavy (non-hydrogen) atoms. The van der Waals surface area contributed by atoms with E-state index in [1.54, 1.807) is 0 Å². The number of rotatable bonds is 5. The van der Waals surface area contributed by atoms with Gasteiger partial charge in [0.2, 0.25) is 0 Å². The SMILES string of the molecule is O=C1NCc2c(-c3ccccc3)ccc(NCCN3CCCCC3)c21. The number of hydrogen-bond donors (Lipinski definition) is 2. The third-order valence-corrected chi connectivity index (χ3v) is 5.24. The van der Waals surface area contributed by atoms with E-state index < -0.39 is 0 Å². The van der Waals surface area contributed by atoms with E-state index in [9.17, 15) is 4.79 Å². The van der Waals surface area contributed by atoms with Crippen LogP contribution in [-0.4, -0.2) is 37.0 Å². The number of piperidine rings is 1. The molecule has 0 radical (unpaired) electrons. The molecule has 0 aliphatic carbocycles. The van der Waals surface area contributed by atoms with Gasteiger partial charge in [0.25, 0.3) is 5.91 Å². The summed E-state index contributed by atoms with van der Waals surface area (Å²) in [5, 5.41) is 6.48. The molecule has 2 N–H and O–H groups in total. The fourth-order valence-electron chi connectivity index (χ4n) is 3.92. The quantitative estimate of drug-likeness (QED) is 0.879. The van der Waals surface area contributed by atoms with Crippen LogP contribution < -0.4 is 10.6 Å². The normalized spacial score (nSPS) is 17.2. The minimum absolute atomic E-state index is 0.0354. The Morgan fingerprint density at radius 3 is 2.60 bits per heavy atom. The van der Waals surface area contributed by atoms with Crippen molar-refractivity contribution >= 4 is 11.6 Å². The third kappa shape index (κ3) is 3.40. The zero-order valence-corrected chi connectivity index (χ0v) is 14.6. The van der Waals surface area contributed by atoms with Gasteiger partial charge in [-0.25, -0.2) is 0 Å². The minimum atomic E-state index is 0.0354. The molecular formula is C21H25N3O. The molecule has 0 aromatic heterocycles. The summed E-state index contributed by atoms with van der Waals surface area (Å²) in [6.45, 7) is 4.93. The van der Waals surface area contributed by atoms with Crippen LogP contribution in [-0.2, 0) is 6.54 Å². The second-order valence-corrected chi connectivity index (χ2v) is 6.89. The van der Waals surface area contributed by atoms with Gasteiger partial charge in [-0.05, 0) is 48.7 Å². The smallest absolute Gasteiger partial charge is 0.254 e. The molecule has 0 bridgehead atoms. The van der Waals surface area contributed by atoms with E-state index in [0.717, 1.165) is 41.0 Å². The van der Waals surface area contributed by atoms with Crippen molar-refractivity contribution < 1.29 is 4.79 Å². The first kappa shape index (κ1) is 16.2. The molecule has 4 heteroatoms. The molecule has 0 saturated carbocycles. The van der Waals surface area contributed by atoms with Gasteiger partial charge in [0.1, 0.15) is 0 Å². The lowest BCUT2D eigenvalue weighted by Crippen LogP contribution is -2.33. The van der Waals surface area contributed by atoms with E-state index in [2.05, 4.69) is 39.8 Å². The number of carbonyl (C=O) groups excluding carboxylic acids is 1. The van der Waals surface area contributed by atoms with Crippen molar-refractivity contribution in [2.24, 2.45) is 0 Å². The average Bonchev–Trinajstić information content (AvgIpc) is 3.06. The van der Waals surface area contributed by atoms with Gasteiger partial charge in [-0.15, -0.1) is 0 Å². The highest BCUT2D eigenvalue weighted by Crippen LogP contribution is 2.33. The highest BCUT2D eigenvalue weighted by molar-refractivity contribution is 6.05. The molecule has 0 unspecified atom stereocenters. The lowest BCUT2D eigenvalue weighted by atomic mass is 9.95. The summed E-state index contributed by atoms with van der Waals surface area (Å²) in [7, 11) is 0. The molecule has 2 aromatic carbocycles. The predicted molar refractivity (Wildman–Crippen MR) is 102 cm³/mol. The van der Waals surface area contributed by atoms with E-state index in [1.807, 2.05) is 18.2 Å². The van der Waals surface area contributed by atoms with Crippen molar-refractivity contribution in [1.29, 1.82) is 0 Å². The molecule has 2 heterocycles. The summed E-state index contributed by atoms with van der Waals surface area (Å²) >= 11 is 0. The molecule has 4 nitrogen and oxygen atoms in total. The van der Waals surface area contributed by atoms with E-state index in [-0.39, 0.29) is 5.91 Å². The molecule has 0 atom stereocenters. The Morgan fingerprint density at radius 1 is 1.00 bits per heavy atom.